The number of thiophene rings is 1. The first kappa shape index (κ1) is 20.2. The molecule has 0 atom stereocenters. The van der Waals surface area contributed by atoms with E-state index < -0.39 is 5.82 Å². The van der Waals surface area contributed by atoms with Crippen LogP contribution in [0.2, 0.25) is 0 Å². The van der Waals surface area contributed by atoms with Gasteiger partial charge in [-0.05, 0) is 52.7 Å². The predicted molar refractivity (Wildman–Crippen MR) is 109 cm³/mol. The Morgan fingerprint density at radius 2 is 2.11 bits per heavy atom. The summed E-state index contributed by atoms with van der Waals surface area (Å²) in [6.07, 6.45) is 3.30. The second kappa shape index (κ2) is 8.66. The lowest BCUT2D eigenvalue weighted by molar-refractivity contribution is -0.121. The smallest absolute Gasteiger partial charge is 0.264 e. The number of hydrogen-bond acceptors (Lipinski definition) is 4. The molecule has 0 saturated heterocycles. The molecule has 1 N–H and O–H groups in total. The number of nitrogens with zero attached hydrogens (tertiary/aromatic N) is 3. The minimum Gasteiger partial charge on any atom is -0.350 e. The summed E-state index contributed by atoms with van der Waals surface area (Å²) in [6.45, 7) is 1.88. The molecular weight excluding hydrogens is 447 g/mol. The number of likely N-dealkylation sites (N-methyl/N-ethyl adjacent to an activating group) is 1. The highest BCUT2D eigenvalue weighted by Crippen LogP contribution is 2.23. The molecular formula is C19H18BrFN4O2S. The van der Waals surface area contributed by atoms with Crippen molar-refractivity contribution in [3.8, 4) is 5.69 Å². The van der Waals surface area contributed by atoms with Crippen LogP contribution in [0.1, 0.15) is 21.1 Å². The second-order valence-electron chi connectivity index (χ2n) is 6.17. The first-order chi connectivity index (χ1) is 13.3. The minimum absolute atomic E-state index is 0.0802. The molecule has 6 nitrogen and oxygen atoms in total. The van der Waals surface area contributed by atoms with Crippen molar-refractivity contribution in [2.45, 2.75) is 13.5 Å². The van der Waals surface area contributed by atoms with E-state index in [9.17, 15) is 14.0 Å². The fraction of sp³-hybridized carbons (Fsp3) is 0.211. The van der Waals surface area contributed by atoms with Crippen molar-refractivity contribution in [2.75, 3.05) is 13.6 Å². The van der Waals surface area contributed by atoms with E-state index in [4.69, 9.17) is 0 Å². The number of aryl methyl sites for hydroxylation is 1. The molecule has 0 aliphatic heterocycles. The van der Waals surface area contributed by atoms with Gasteiger partial charge in [-0.3, -0.25) is 9.59 Å². The van der Waals surface area contributed by atoms with E-state index in [1.54, 1.807) is 55.2 Å². The van der Waals surface area contributed by atoms with E-state index in [1.165, 1.54) is 22.3 Å². The summed E-state index contributed by atoms with van der Waals surface area (Å²) in [5.41, 5.74) is 1.03. The standard InChI is InChI=1S/C19H18BrFN4O2S/c1-12-22-7-8-25(12)15-4-3-13(9-14(15)21)10-23-18(26)11-24(2)19(27)16-5-6-17(20)28-16/h3-9H,10-11H2,1-2H3,(H,23,26). The van der Waals surface area contributed by atoms with Gasteiger partial charge in [-0.15, -0.1) is 11.3 Å². The number of imidazole rings is 1. The second-order valence-corrected chi connectivity index (χ2v) is 8.63. The van der Waals surface area contributed by atoms with Gasteiger partial charge < -0.3 is 14.8 Å². The molecule has 3 aromatic rings. The number of nitrogens with one attached hydrogen (secondary N) is 1. The van der Waals surface area contributed by atoms with Crippen molar-refractivity contribution < 1.29 is 14.0 Å². The van der Waals surface area contributed by atoms with E-state index in [0.717, 1.165) is 3.79 Å². The first-order valence-electron chi connectivity index (χ1n) is 8.41. The fourth-order valence-electron chi connectivity index (χ4n) is 2.65. The molecule has 0 radical (unpaired) electrons. The highest BCUT2D eigenvalue weighted by atomic mass is 79.9. The Balaban J connectivity index is 1.56. The normalized spacial score (nSPS) is 10.7. The average Bonchev–Trinajstić information content (AvgIpc) is 3.28. The van der Waals surface area contributed by atoms with Crippen molar-refractivity contribution in [3.05, 3.63) is 68.6 Å². The van der Waals surface area contributed by atoms with Crippen molar-refractivity contribution in [3.63, 3.8) is 0 Å². The summed E-state index contributed by atoms with van der Waals surface area (Å²) in [6, 6.07) is 8.27. The van der Waals surface area contributed by atoms with Gasteiger partial charge in [0.2, 0.25) is 5.91 Å². The zero-order chi connectivity index (χ0) is 20.3. The molecule has 2 aromatic heterocycles. The van der Waals surface area contributed by atoms with Crippen molar-refractivity contribution in [1.82, 2.24) is 19.8 Å². The van der Waals surface area contributed by atoms with Gasteiger partial charge in [-0.2, -0.15) is 0 Å². The maximum absolute atomic E-state index is 14.4. The maximum atomic E-state index is 14.4. The van der Waals surface area contributed by atoms with E-state index in [0.29, 0.717) is 22.0 Å². The number of carbonyl (C=O) groups is 2. The van der Waals surface area contributed by atoms with Crippen molar-refractivity contribution >= 4 is 39.1 Å². The third-order valence-corrected chi connectivity index (χ3v) is 5.71. The van der Waals surface area contributed by atoms with Crippen LogP contribution in [0.4, 0.5) is 4.39 Å². The Morgan fingerprint density at radius 1 is 1.32 bits per heavy atom. The van der Waals surface area contributed by atoms with Gasteiger partial charge in [-0.25, -0.2) is 9.37 Å². The van der Waals surface area contributed by atoms with E-state index in [1.807, 2.05) is 0 Å². The number of carbonyl (C=O) groups excluding carboxylic acids is 2. The Bertz CT molecular complexity index is 1020. The number of hydrogen-bond donors (Lipinski definition) is 1. The minimum atomic E-state index is -0.400. The summed E-state index contributed by atoms with van der Waals surface area (Å²) >= 11 is 4.62. The molecule has 2 heterocycles. The largest absolute Gasteiger partial charge is 0.350 e. The van der Waals surface area contributed by atoms with Gasteiger partial charge in [0.05, 0.1) is 20.9 Å². The monoisotopic (exact) mass is 464 g/mol. The molecule has 28 heavy (non-hydrogen) atoms. The summed E-state index contributed by atoms with van der Waals surface area (Å²) in [5.74, 6) is -0.257. The number of aromatic nitrogens is 2. The first-order valence-corrected chi connectivity index (χ1v) is 10.0. The van der Waals surface area contributed by atoms with Crippen LogP contribution in [-0.4, -0.2) is 39.9 Å². The van der Waals surface area contributed by atoms with Crippen molar-refractivity contribution in [1.29, 1.82) is 0 Å². The molecule has 0 saturated carbocycles. The lowest BCUT2D eigenvalue weighted by Gasteiger charge is -2.16. The molecule has 0 unspecified atom stereocenters. The molecule has 0 aliphatic carbocycles. The SMILES string of the molecule is Cc1nccn1-c1ccc(CNC(=O)CN(C)C(=O)c2ccc(Br)s2)cc1F. The fourth-order valence-corrected chi connectivity index (χ4v) is 4.03. The molecule has 1 aromatic carbocycles. The average molecular weight is 465 g/mol. The van der Waals surface area contributed by atoms with Crippen LogP contribution in [0, 0.1) is 12.7 Å². The number of benzene rings is 1. The zero-order valence-corrected chi connectivity index (χ0v) is 17.7. The number of rotatable bonds is 6. The molecule has 0 fully saturated rings. The van der Waals surface area contributed by atoms with Crippen LogP contribution in [0.5, 0.6) is 0 Å². The van der Waals surface area contributed by atoms with Gasteiger partial charge >= 0.3 is 0 Å². The zero-order valence-electron chi connectivity index (χ0n) is 15.3. The van der Waals surface area contributed by atoms with Gasteiger partial charge in [0, 0.05) is 26.0 Å². The quantitative estimate of drug-likeness (QED) is 0.606. The Hall–Kier alpha value is -2.52. The Labute approximate surface area is 174 Å². The Morgan fingerprint density at radius 3 is 2.71 bits per heavy atom. The number of halogens is 2. The summed E-state index contributed by atoms with van der Waals surface area (Å²) < 4.78 is 16.9. The van der Waals surface area contributed by atoms with Gasteiger partial charge in [0.25, 0.3) is 5.91 Å². The predicted octanol–water partition coefficient (Wildman–Crippen LogP) is 3.53. The lowest BCUT2D eigenvalue weighted by Crippen LogP contribution is -2.37. The van der Waals surface area contributed by atoms with Crippen LogP contribution >= 0.6 is 27.3 Å². The molecule has 0 bridgehead atoms. The van der Waals surface area contributed by atoms with Crippen LogP contribution in [0.25, 0.3) is 5.69 Å². The van der Waals surface area contributed by atoms with E-state index in [2.05, 4.69) is 26.2 Å². The van der Waals surface area contributed by atoms with E-state index in [-0.39, 0.29) is 24.9 Å². The number of amides is 2. The Kier molecular flexibility index (Phi) is 6.25. The van der Waals surface area contributed by atoms with Crippen LogP contribution < -0.4 is 5.32 Å². The highest BCUT2D eigenvalue weighted by molar-refractivity contribution is 9.11. The van der Waals surface area contributed by atoms with Crippen LogP contribution in [0.15, 0.2) is 46.5 Å². The van der Waals surface area contributed by atoms with Gasteiger partial charge in [0.15, 0.2) is 0 Å². The molecule has 2 amide bonds. The maximum Gasteiger partial charge on any atom is 0.264 e. The van der Waals surface area contributed by atoms with E-state index >= 15 is 0 Å². The molecule has 3 rings (SSSR count). The third-order valence-electron chi connectivity index (χ3n) is 4.10. The van der Waals surface area contributed by atoms with Crippen molar-refractivity contribution in [2.24, 2.45) is 0 Å². The van der Waals surface area contributed by atoms with Crippen LogP contribution in [-0.2, 0) is 11.3 Å². The molecule has 0 spiro atoms. The highest BCUT2D eigenvalue weighted by Gasteiger charge is 2.16. The van der Waals surface area contributed by atoms with Gasteiger partial charge in [-0.1, -0.05) is 6.07 Å². The summed E-state index contributed by atoms with van der Waals surface area (Å²) in [5, 5.41) is 2.71. The third kappa shape index (κ3) is 4.66. The summed E-state index contributed by atoms with van der Waals surface area (Å²) in [4.78, 5) is 30.4. The lowest BCUT2D eigenvalue weighted by atomic mass is 10.2. The molecule has 0 aliphatic rings. The molecule has 146 valence electrons. The van der Waals surface area contributed by atoms with Crippen LogP contribution in [0.3, 0.4) is 0 Å². The summed E-state index contributed by atoms with van der Waals surface area (Å²) in [7, 11) is 1.57. The molecule has 9 heteroatoms. The van der Waals surface area contributed by atoms with Gasteiger partial charge in [0.1, 0.15) is 11.6 Å². The topological polar surface area (TPSA) is 67.2 Å².